The number of carbonyl (C=O) groups is 2. The van der Waals surface area contributed by atoms with Crippen LogP contribution in [0.4, 0.5) is 17.6 Å². The number of fused-ring (bicyclic) bond motifs is 1. The van der Waals surface area contributed by atoms with Crippen LogP contribution in [0.2, 0.25) is 5.02 Å². The molecule has 32 heavy (non-hydrogen) atoms. The number of hydrogen-bond donors (Lipinski definition) is 1. The summed E-state index contributed by atoms with van der Waals surface area (Å²) < 4.78 is 55.9. The van der Waals surface area contributed by atoms with Crippen molar-refractivity contribution in [2.75, 3.05) is 0 Å². The van der Waals surface area contributed by atoms with E-state index in [1.807, 2.05) is 0 Å². The number of carboxylic acids is 1. The number of carbonyl (C=O) groups excluding carboxylic acids is 1. The van der Waals surface area contributed by atoms with Gasteiger partial charge in [-0.25, -0.2) is 9.18 Å². The minimum atomic E-state index is -4.86. The maximum atomic E-state index is 14.7. The number of halogens is 5. The summed E-state index contributed by atoms with van der Waals surface area (Å²) in [6.07, 6.45) is -4.86. The van der Waals surface area contributed by atoms with Crippen LogP contribution < -0.4 is 0 Å². The van der Waals surface area contributed by atoms with E-state index < -0.39 is 40.0 Å². The first kappa shape index (κ1) is 21.5. The fourth-order valence-electron chi connectivity index (χ4n) is 3.34. The molecule has 0 fully saturated rings. The predicted octanol–water partition coefficient (Wildman–Crippen LogP) is 5.90. The Balaban J connectivity index is 1.96. The minimum absolute atomic E-state index is 0.0278. The van der Waals surface area contributed by atoms with Gasteiger partial charge >= 0.3 is 12.1 Å². The van der Waals surface area contributed by atoms with Gasteiger partial charge in [0.1, 0.15) is 11.5 Å². The molecule has 5 nitrogen and oxygen atoms in total. The molecule has 1 N–H and O–H groups in total. The Kier molecular flexibility index (Phi) is 5.21. The molecule has 4 aromatic rings. The van der Waals surface area contributed by atoms with E-state index in [0.717, 1.165) is 24.3 Å². The van der Waals surface area contributed by atoms with E-state index >= 15 is 0 Å². The minimum Gasteiger partial charge on any atom is -0.478 e. The molecule has 0 atom stereocenters. The van der Waals surface area contributed by atoms with Crippen molar-refractivity contribution in [2.24, 2.45) is 0 Å². The summed E-state index contributed by atoms with van der Waals surface area (Å²) in [5, 5.41) is 12.6. The van der Waals surface area contributed by atoms with Crippen LogP contribution in [0.25, 0.3) is 22.2 Å². The van der Waals surface area contributed by atoms with E-state index in [1.54, 1.807) is 0 Å². The SMILES string of the molecule is O=C(O)c1ccc(-c2nn(C(=O)c3c(Cl)cccc3C(F)(F)F)c3cccc(F)c23)cc1. The molecule has 0 saturated heterocycles. The first-order valence-electron chi connectivity index (χ1n) is 9.01. The second-order valence-corrected chi connectivity index (χ2v) is 7.15. The Morgan fingerprint density at radius 3 is 2.25 bits per heavy atom. The number of alkyl halides is 3. The molecule has 0 amide bonds. The number of benzene rings is 3. The van der Waals surface area contributed by atoms with Crippen molar-refractivity contribution in [2.45, 2.75) is 6.18 Å². The molecular weight excluding hydrogens is 452 g/mol. The lowest BCUT2D eigenvalue weighted by Crippen LogP contribution is -2.20. The number of aromatic carboxylic acids is 1. The summed E-state index contributed by atoms with van der Waals surface area (Å²) in [5.74, 6) is -3.12. The maximum absolute atomic E-state index is 14.7. The molecule has 3 aromatic carbocycles. The monoisotopic (exact) mass is 462 g/mol. The van der Waals surface area contributed by atoms with Gasteiger partial charge in [-0.3, -0.25) is 4.79 Å². The molecular formula is C22H11ClF4N2O3. The van der Waals surface area contributed by atoms with Crippen molar-refractivity contribution < 1.29 is 32.3 Å². The third kappa shape index (κ3) is 3.60. The van der Waals surface area contributed by atoms with Crippen LogP contribution in [0, 0.1) is 5.82 Å². The van der Waals surface area contributed by atoms with Crippen LogP contribution in [0.1, 0.15) is 26.3 Å². The molecule has 4 rings (SSSR count). The van der Waals surface area contributed by atoms with Gasteiger partial charge in [-0.2, -0.15) is 23.0 Å². The van der Waals surface area contributed by atoms with Gasteiger partial charge in [0, 0.05) is 5.56 Å². The van der Waals surface area contributed by atoms with Crippen molar-refractivity contribution in [3.8, 4) is 11.3 Å². The summed E-state index contributed by atoms with van der Waals surface area (Å²) >= 11 is 5.94. The van der Waals surface area contributed by atoms with Crippen LogP contribution in [0.3, 0.4) is 0 Å². The van der Waals surface area contributed by atoms with E-state index in [1.165, 1.54) is 36.4 Å². The highest BCUT2D eigenvalue weighted by atomic mass is 35.5. The molecule has 1 heterocycles. The van der Waals surface area contributed by atoms with Crippen molar-refractivity contribution >= 4 is 34.4 Å². The Labute approximate surface area is 182 Å². The van der Waals surface area contributed by atoms with Crippen molar-refractivity contribution in [3.05, 3.63) is 88.2 Å². The molecule has 0 bridgehead atoms. The van der Waals surface area contributed by atoms with Gasteiger partial charge in [-0.15, -0.1) is 0 Å². The summed E-state index contributed by atoms with van der Waals surface area (Å²) in [6, 6.07) is 11.9. The van der Waals surface area contributed by atoms with Gasteiger partial charge in [0.15, 0.2) is 0 Å². The number of carboxylic acid groups (broad SMARTS) is 1. The molecule has 0 spiro atoms. The molecule has 1 aromatic heterocycles. The predicted molar refractivity (Wildman–Crippen MR) is 108 cm³/mol. The van der Waals surface area contributed by atoms with Crippen LogP contribution >= 0.6 is 11.6 Å². The quantitative estimate of drug-likeness (QED) is 0.385. The number of rotatable bonds is 3. The molecule has 162 valence electrons. The molecule has 0 saturated carbocycles. The average molecular weight is 463 g/mol. The lowest BCUT2D eigenvalue weighted by Gasteiger charge is -2.13. The Hall–Kier alpha value is -3.72. The van der Waals surface area contributed by atoms with Gasteiger partial charge in [0.05, 0.1) is 32.6 Å². The second kappa shape index (κ2) is 7.76. The Morgan fingerprint density at radius 1 is 0.969 bits per heavy atom. The van der Waals surface area contributed by atoms with Gasteiger partial charge in [0.2, 0.25) is 0 Å². The van der Waals surface area contributed by atoms with Gasteiger partial charge in [-0.05, 0) is 36.4 Å². The molecule has 0 aliphatic heterocycles. The topological polar surface area (TPSA) is 72.2 Å². The first-order valence-corrected chi connectivity index (χ1v) is 9.38. The molecule has 0 aliphatic carbocycles. The number of aromatic nitrogens is 2. The molecule has 0 radical (unpaired) electrons. The second-order valence-electron chi connectivity index (χ2n) is 6.74. The summed E-state index contributed by atoms with van der Waals surface area (Å²) in [7, 11) is 0. The van der Waals surface area contributed by atoms with Gasteiger partial charge in [0.25, 0.3) is 5.91 Å². The summed E-state index contributed by atoms with van der Waals surface area (Å²) in [4.78, 5) is 24.2. The highest BCUT2D eigenvalue weighted by molar-refractivity contribution is 6.34. The third-order valence-corrected chi connectivity index (χ3v) is 5.10. The lowest BCUT2D eigenvalue weighted by atomic mass is 10.1. The largest absolute Gasteiger partial charge is 0.478 e. The fourth-order valence-corrected chi connectivity index (χ4v) is 3.59. The highest BCUT2D eigenvalue weighted by Crippen LogP contribution is 2.37. The zero-order valence-electron chi connectivity index (χ0n) is 15.8. The molecule has 0 aliphatic rings. The van der Waals surface area contributed by atoms with Gasteiger partial charge < -0.3 is 5.11 Å². The zero-order valence-corrected chi connectivity index (χ0v) is 16.6. The standard InChI is InChI=1S/C22H11ClF4N2O3/c23-14-4-1-3-13(22(25,26)27)17(14)20(30)29-16-6-2-5-15(24)18(16)19(28-29)11-7-9-12(10-8-11)21(31)32/h1-10H,(H,31,32). The summed E-state index contributed by atoms with van der Waals surface area (Å²) in [6.45, 7) is 0. The van der Waals surface area contributed by atoms with E-state index in [2.05, 4.69) is 5.10 Å². The normalized spacial score (nSPS) is 11.7. The van der Waals surface area contributed by atoms with Crippen LogP contribution in [-0.2, 0) is 6.18 Å². The molecule has 0 unspecified atom stereocenters. The van der Waals surface area contributed by atoms with E-state index in [9.17, 15) is 27.2 Å². The lowest BCUT2D eigenvalue weighted by molar-refractivity contribution is -0.137. The van der Waals surface area contributed by atoms with Crippen LogP contribution in [0.15, 0.2) is 60.7 Å². The van der Waals surface area contributed by atoms with E-state index in [4.69, 9.17) is 16.7 Å². The van der Waals surface area contributed by atoms with E-state index in [-0.39, 0.29) is 27.7 Å². The molecule has 10 heteroatoms. The number of hydrogen-bond acceptors (Lipinski definition) is 3. The van der Waals surface area contributed by atoms with Crippen molar-refractivity contribution in [3.63, 3.8) is 0 Å². The van der Waals surface area contributed by atoms with E-state index in [0.29, 0.717) is 4.68 Å². The van der Waals surface area contributed by atoms with Crippen LogP contribution in [-0.4, -0.2) is 26.8 Å². The Bertz CT molecular complexity index is 1380. The smallest absolute Gasteiger partial charge is 0.417 e. The Morgan fingerprint density at radius 2 is 1.62 bits per heavy atom. The fraction of sp³-hybridized carbons (Fsp3) is 0.0455. The van der Waals surface area contributed by atoms with Crippen molar-refractivity contribution in [1.29, 1.82) is 0 Å². The highest BCUT2D eigenvalue weighted by Gasteiger charge is 2.37. The third-order valence-electron chi connectivity index (χ3n) is 4.79. The number of nitrogens with zero attached hydrogens (tertiary/aromatic N) is 2. The zero-order chi connectivity index (χ0) is 23.2. The van der Waals surface area contributed by atoms with Crippen molar-refractivity contribution in [1.82, 2.24) is 9.78 Å². The van der Waals surface area contributed by atoms with Gasteiger partial charge in [-0.1, -0.05) is 35.9 Å². The average Bonchev–Trinajstić information content (AvgIpc) is 3.13. The maximum Gasteiger partial charge on any atom is 0.417 e. The first-order chi connectivity index (χ1) is 15.1. The summed E-state index contributed by atoms with van der Waals surface area (Å²) in [5.41, 5.74) is -1.93. The van der Waals surface area contributed by atoms with Crippen LogP contribution in [0.5, 0.6) is 0 Å².